The Bertz CT molecular complexity index is 1070. The van der Waals surface area contributed by atoms with Gasteiger partial charge in [-0.15, -0.1) is 24.0 Å². The van der Waals surface area contributed by atoms with Crippen LogP contribution in [0.4, 0.5) is 5.69 Å². The lowest BCUT2D eigenvalue weighted by molar-refractivity contribution is -0.120. The minimum Gasteiger partial charge on any atom is -0.361 e. The lowest BCUT2D eigenvalue weighted by atomic mass is 10.1. The second-order valence-corrected chi connectivity index (χ2v) is 7.64. The number of carbonyl (C=O) groups is 1. The molecule has 1 saturated heterocycles. The molecule has 2 aromatic heterocycles. The smallest absolute Gasteiger partial charge is 0.246 e. The summed E-state index contributed by atoms with van der Waals surface area (Å²) < 4.78 is 1.72. The number of amides is 1. The van der Waals surface area contributed by atoms with E-state index in [1.807, 2.05) is 25.1 Å². The monoisotopic (exact) mass is 535 g/mol. The number of anilines is 1. The first-order valence-corrected chi connectivity index (χ1v) is 10.4. The van der Waals surface area contributed by atoms with Gasteiger partial charge in [0.1, 0.15) is 6.54 Å². The number of fused-ring (bicyclic) bond motifs is 1. The average Bonchev–Trinajstić information content (AvgIpc) is 3.34. The highest BCUT2D eigenvalue weighted by molar-refractivity contribution is 14.0. The van der Waals surface area contributed by atoms with Crippen LogP contribution < -0.4 is 10.2 Å². The molecule has 3 aromatic rings. The quantitative estimate of drug-likeness (QED) is 0.299. The van der Waals surface area contributed by atoms with Crippen LogP contribution in [0.25, 0.3) is 10.9 Å². The molecule has 3 heterocycles. The average molecular weight is 535 g/mol. The summed E-state index contributed by atoms with van der Waals surface area (Å²) in [5, 5.41) is 8.80. The maximum Gasteiger partial charge on any atom is 0.246 e. The van der Waals surface area contributed by atoms with Crippen LogP contribution in [-0.4, -0.2) is 64.3 Å². The van der Waals surface area contributed by atoms with E-state index in [4.69, 9.17) is 4.99 Å². The van der Waals surface area contributed by atoms with E-state index in [1.165, 1.54) is 16.5 Å². The van der Waals surface area contributed by atoms with E-state index in [9.17, 15) is 4.79 Å². The number of carbonyl (C=O) groups excluding carboxylic acids is 1. The molecule has 0 atom stereocenters. The van der Waals surface area contributed by atoms with Gasteiger partial charge in [-0.05, 0) is 37.5 Å². The van der Waals surface area contributed by atoms with Crippen molar-refractivity contribution in [3.05, 3.63) is 47.9 Å². The summed E-state index contributed by atoms with van der Waals surface area (Å²) in [5.41, 5.74) is 4.56. The van der Waals surface area contributed by atoms with Gasteiger partial charge in [0, 0.05) is 56.5 Å². The Morgan fingerprint density at radius 1 is 1.32 bits per heavy atom. The van der Waals surface area contributed by atoms with Gasteiger partial charge >= 0.3 is 0 Å². The van der Waals surface area contributed by atoms with Crippen molar-refractivity contribution < 1.29 is 4.79 Å². The maximum absolute atomic E-state index is 12.7. The minimum atomic E-state index is 0. The fourth-order valence-corrected chi connectivity index (χ4v) is 4.03. The standard InChI is InChI=1S/C22H29N7O.HI/c1-4-23-22(24-9-8-17-12-25-19-7-5-6-16(2)21(17)19)28-10-11-29(20(30)15-28)18-13-26-27(3)14-18;/h5-7,12-14,25H,4,8-11,15H2,1-3H3,(H,23,24);1H. The first-order chi connectivity index (χ1) is 14.6. The number of aromatic amines is 1. The molecule has 0 bridgehead atoms. The molecule has 0 radical (unpaired) electrons. The van der Waals surface area contributed by atoms with Crippen LogP contribution in [-0.2, 0) is 18.3 Å². The summed E-state index contributed by atoms with van der Waals surface area (Å²) in [6, 6.07) is 6.31. The van der Waals surface area contributed by atoms with Crippen molar-refractivity contribution in [3.8, 4) is 0 Å². The van der Waals surface area contributed by atoms with Crippen LogP contribution in [0.3, 0.4) is 0 Å². The van der Waals surface area contributed by atoms with Gasteiger partial charge in [0.25, 0.3) is 0 Å². The fraction of sp³-hybridized carbons (Fsp3) is 0.409. The summed E-state index contributed by atoms with van der Waals surface area (Å²) in [5.74, 6) is 0.861. The number of rotatable bonds is 5. The number of nitrogens with one attached hydrogen (secondary N) is 2. The molecule has 0 saturated carbocycles. The second kappa shape index (κ2) is 10.2. The van der Waals surface area contributed by atoms with E-state index in [1.54, 1.807) is 15.8 Å². The van der Waals surface area contributed by atoms with Gasteiger partial charge in [-0.3, -0.25) is 14.5 Å². The molecule has 8 nitrogen and oxygen atoms in total. The molecular weight excluding hydrogens is 505 g/mol. The van der Waals surface area contributed by atoms with Crippen LogP contribution in [0.2, 0.25) is 0 Å². The van der Waals surface area contributed by atoms with Crippen molar-refractivity contribution in [1.82, 2.24) is 25.0 Å². The van der Waals surface area contributed by atoms with Gasteiger partial charge < -0.3 is 20.1 Å². The van der Waals surface area contributed by atoms with Crippen molar-refractivity contribution in [3.63, 3.8) is 0 Å². The number of nitrogens with zero attached hydrogens (tertiary/aromatic N) is 5. The molecule has 9 heteroatoms. The number of hydrogen-bond donors (Lipinski definition) is 2. The zero-order valence-corrected chi connectivity index (χ0v) is 20.6. The van der Waals surface area contributed by atoms with Gasteiger partial charge in [0.15, 0.2) is 5.96 Å². The predicted molar refractivity (Wildman–Crippen MR) is 135 cm³/mol. The lowest BCUT2D eigenvalue weighted by Gasteiger charge is -2.35. The number of benzene rings is 1. The summed E-state index contributed by atoms with van der Waals surface area (Å²) in [4.78, 5) is 24.7. The number of aliphatic imine (C=N–C) groups is 1. The van der Waals surface area contributed by atoms with Crippen LogP contribution in [0, 0.1) is 6.92 Å². The number of halogens is 1. The SMILES string of the molecule is CCNC(=NCCc1c[nH]c2cccc(C)c12)N1CCN(c2cnn(C)c2)C(=O)C1.I. The normalized spacial score (nSPS) is 14.8. The predicted octanol–water partition coefficient (Wildman–Crippen LogP) is 2.68. The highest BCUT2D eigenvalue weighted by Crippen LogP contribution is 2.22. The fourth-order valence-electron chi connectivity index (χ4n) is 4.03. The third kappa shape index (κ3) is 5.03. The number of H-pyrrole nitrogens is 1. The van der Waals surface area contributed by atoms with Gasteiger partial charge in [-0.2, -0.15) is 5.10 Å². The van der Waals surface area contributed by atoms with Crippen molar-refractivity contribution in [1.29, 1.82) is 0 Å². The molecule has 0 spiro atoms. The van der Waals surface area contributed by atoms with Gasteiger partial charge in [-0.1, -0.05) is 12.1 Å². The number of aromatic nitrogens is 3. The van der Waals surface area contributed by atoms with Crippen LogP contribution >= 0.6 is 24.0 Å². The summed E-state index contributed by atoms with van der Waals surface area (Å²) in [7, 11) is 1.86. The van der Waals surface area contributed by atoms with E-state index in [0.717, 1.165) is 36.7 Å². The van der Waals surface area contributed by atoms with Crippen LogP contribution in [0.1, 0.15) is 18.1 Å². The van der Waals surface area contributed by atoms with Gasteiger partial charge in [0.05, 0.1) is 11.9 Å². The van der Waals surface area contributed by atoms with Crippen molar-refractivity contribution >= 4 is 52.4 Å². The molecular formula is C22H30IN7O. The maximum atomic E-state index is 12.7. The van der Waals surface area contributed by atoms with E-state index in [0.29, 0.717) is 19.6 Å². The van der Waals surface area contributed by atoms with E-state index in [2.05, 4.69) is 46.7 Å². The van der Waals surface area contributed by atoms with Crippen molar-refractivity contribution in [2.24, 2.45) is 12.0 Å². The summed E-state index contributed by atoms with van der Waals surface area (Å²) >= 11 is 0. The molecule has 166 valence electrons. The number of hydrogen-bond acceptors (Lipinski definition) is 3. The highest BCUT2D eigenvalue weighted by atomic mass is 127. The molecule has 2 N–H and O–H groups in total. The topological polar surface area (TPSA) is 81.6 Å². The van der Waals surface area contributed by atoms with Crippen molar-refractivity contribution in [2.75, 3.05) is 37.6 Å². The van der Waals surface area contributed by atoms with E-state index >= 15 is 0 Å². The molecule has 1 aliphatic heterocycles. The minimum absolute atomic E-state index is 0. The van der Waals surface area contributed by atoms with Gasteiger partial charge in [-0.25, -0.2) is 0 Å². The molecule has 1 aromatic carbocycles. The van der Waals surface area contributed by atoms with Gasteiger partial charge in [0.2, 0.25) is 5.91 Å². The van der Waals surface area contributed by atoms with Crippen LogP contribution in [0.5, 0.6) is 0 Å². The Morgan fingerprint density at radius 3 is 2.87 bits per heavy atom. The van der Waals surface area contributed by atoms with Crippen molar-refractivity contribution in [2.45, 2.75) is 20.3 Å². The molecule has 31 heavy (non-hydrogen) atoms. The van der Waals surface area contributed by atoms with E-state index in [-0.39, 0.29) is 29.9 Å². The first kappa shape index (κ1) is 23.1. The Hall–Kier alpha value is -2.56. The zero-order chi connectivity index (χ0) is 21.1. The Balaban J connectivity index is 0.00000272. The zero-order valence-electron chi connectivity index (χ0n) is 18.3. The molecule has 1 fully saturated rings. The second-order valence-electron chi connectivity index (χ2n) is 7.64. The largest absolute Gasteiger partial charge is 0.361 e. The van der Waals surface area contributed by atoms with Crippen LogP contribution in [0.15, 0.2) is 41.8 Å². The summed E-state index contributed by atoms with van der Waals surface area (Å²) in [6.07, 6.45) is 6.53. The first-order valence-electron chi connectivity index (χ1n) is 10.4. The van der Waals surface area contributed by atoms with E-state index < -0.39 is 0 Å². The third-order valence-corrected chi connectivity index (χ3v) is 5.50. The third-order valence-electron chi connectivity index (χ3n) is 5.50. The Morgan fingerprint density at radius 2 is 2.16 bits per heavy atom. The molecule has 1 amide bonds. The number of guanidine groups is 1. The molecule has 0 unspecified atom stereocenters. The Labute approximate surface area is 199 Å². The highest BCUT2D eigenvalue weighted by Gasteiger charge is 2.27. The molecule has 0 aliphatic carbocycles. The lowest BCUT2D eigenvalue weighted by Crippen LogP contribution is -2.55. The Kier molecular flexibility index (Phi) is 7.58. The molecule has 4 rings (SSSR count). The number of aryl methyl sites for hydroxylation is 2. The number of piperazine rings is 1. The molecule has 1 aliphatic rings. The summed E-state index contributed by atoms with van der Waals surface area (Å²) in [6.45, 7) is 7.29.